The van der Waals surface area contributed by atoms with Crippen molar-refractivity contribution >= 4 is 35.0 Å². The Morgan fingerprint density at radius 1 is 0.707 bits per heavy atom. The minimum absolute atomic E-state index is 0.113. The number of likely N-dealkylation sites (tertiary alicyclic amines) is 2. The molecule has 4 amide bonds. The van der Waals surface area contributed by atoms with E-state index in [9.17, 15) is 19.2 Å². The number of benzene rings is 2. The van der Waals surface area contributed by atoms with E-state index in [-0.39, 0.29) is 35.7 Å². The van der Waals surface area contributed by atoms with Gasteiger partial charge in [0.15, 0.2) is 0 Å². The van der Waals surface area contributed by atoms with E-state index < -0.39 is 24.3 Å². The number of hydrogen-bond acceptors (Lipinski definition) is 9. The van der Waals surface area contributed by atoms with Gasteiger partial charge in [0.2, 0.25) is 11.8 Å². The number of amides is 4. The highest BCUT2D eigenvalue weighted by atomic mass is 16.5. The standard InChI is InChI=1S/C42H52N10O6/c1-23(2)34(48-41(55)57-6)39(53)51-18-8-10-31(51)36-43-21-29(45-36)25-12-14-26(15-13-25)38-47-28-17-16-27(20-33(28)50(38)5)30-22-44-37(46-30)32-11-9-19-52(32)40(54)35(24(3)4)49-42(56)58-7/h12-17,20-24,31-32,34-35H,8-11,18-19H2,1-7H3,(H,43,45)(H,44,46)(H,48,55)(H,49,56). The van der Waals surface area contributed by atoms with Crippen LogP contribution in [-0.4, -0.2) is 103 Å². The van der Waals surface area contributed by atoms with Crippen molar-refractivity contribution in [3.63, 3.8) is 0 Å². The Balaban J connectivity index is 1.06. The van der Waals surface area contributed by atoms with Crippen LogP contribution in [0.15, 0.2) is 54.9 Å². The van der Waals surface area contributed by atoms with Crippen LogP contribution in [0.3, 0.4) is 0 Å². The number of nitrogens with one attached hydrogen (secondary N) is 4. The zero-order valence-corrected chi connectivity index (χ0v) is 34.0. The fourth-order valence-corrected chi connectivity index (χ4v) is 8.11. The molecule has 2 saturated heterocycles. The summed E-state index contributed by atoms with van der Waals surface area (Å²) in [5, 5.41) is 5.40. The summed E-state index contributed by atoms with van der Waals surface area (Å²) in [6.07, 6.45) is 5.55. The number of nitrogens with zero attached hydrogens (tertiary/aromatic N) is 6. The van der Waals surface area contributed by atoms with E-state index in [2.05, 4.69) is 36.2 Å². The fourth-order valence-electron chi connectivity index (χ4n) is 8.11. The molecule has 3 aromatic heterocycles. The van der Waals surface area contributed by atoms with Crippen LogP contribution in [0.2, 0.25) is 0 Å². The number of rotatable bonds is 11. The summed E-state index contributed by atoms with van der Waals surface area (Å²) in [4.78, 5) is 76.1. The van der Waals surface area contributed by atoms with Crippen LogP contribution in [0.25, 0.3) is 44.9 Å². The Morgan fingerprint density at radius 3 is 1.66 bits per heavy atom. The van der Waals surface area contributed by atoms with Crippen LogP contribution in [0.4, 0.5) is 9.59 Å². The van der Waals surface area contributed by atoms with Gasteiger partial charge in [-0.15, -0.1) is 0 Å². The molecule has 0 spiro atoms. The molecule has 4 N–H and O–H groups in total. The molecule has 2 aliphatic heterocycles. The van der Waals surface area contributed by atoms with Crippen LogP contribution in [-0.2, 0) is 26.1 Å². The van der Waals surface area contributed by atoms with Gasteiger partial charge in [0.05, 0.1) is 61.1 Å². The van der Waals surface area contributed by atoms with E-state index in [1.165, 1.54) is 14.2 Å². The number of hydrogen-bond donors (Lipinski definition) is 4. The van der Waals surface area contributed by atoms with Crippen molar-refractivity contribution < 1.29 is 28.7 Å². The zero-order valence-electron chi connectivity index (χ0n) is 34.0. The lowest BCUT2D eigenvalue weighted by atomic mass is 10.0. The number of methoxy groups -OCH3 is 2. The first-order valence-electron chi connectivity index (χ1n) is 19.9. The Bertz CT molecular complexity index is 2290. The second-order valence-corrected chi connectivity index (χ2v) is 15.7. The molecule has 4 unspecified atom stereocenters. The average Bonchev–Trinajstić information content (AvgIpc) is 4.08. The van der Waals surface area contributed by atoms with Crippen molar-refractivity contribution in [1.29, 1.82) is 0 Å². The molecule has 0 aliphatic carbocycles. The van der Waals surface area contributed by atoms with Gasteiger partial charge >= 0.3 is 12.2 Å². The van der Waals surface area contributed by atoms with Crippen molar-refractivity contribution in [2.24, 2.45) is 18.9 Å². The molecule has 2 fully saturated rings. The van der Waals surface area contributed by atoms with Gasteiger partial charge in [-0.05, 0) is 55.2 Å². The number of H-pyrrole nitrogens is 2. The Hall–Kier alpha value is -6.19. The highest BCUT2D eigenvalue weighted by Crippen LogP contribution is 2.35. The first kappa shape index (κ1) is 40.0. The fraction of sp³-hybridized carbons (Fsp3) is 0.452. The number of ether oxygens (including phenoxy) is 2. The number of aromatic amines is 2. The SMILES string of the molecule is COC(=O)NC(C(=O)N1CCCC1c1ncc(-c2ccc(-c3nc4ccc(-c5cnc(C6CCCN6C(=O)C(NC(=O)OC)C(C)C)[nH]5)cc4n3C)cc2)[nH]1)C(C)C. The summed E-state index contributed by atoms with van der Waals surface area (Å²) in [5.74, 6) is 1.71. The lowest BCUT2D eigenvalue weighted by molar-refractivity contribution is -0.136. The first-order valence-corrected chi connectivity index (χ1v) is 19.9. The minimum Gasteiger partial charge on any atom is -0.453 e. The molecular formula is C42H52N10O6. The lowest BCUT2D eigenvalue weighted by Crippen LogP contribution is -2.51. The van der Waals surface area contributed by atoms with E-state index in [0.717, 1.165) is 70.6 Å². The number of alkyl carbamates (subject to hydrolysis) is 2. The number of fused-ring (bicyclic) bond motifs is 1. The summed E-state index contributed by atoms with van der Waals surface area (Å²) in [6.45, 7) is 8.76. The summed E-state index contributed by atoms with van der Waals surface area (Å²) < 4.78 is 11.6. The number of aromatic nitrogens is 6. The largest absolute Gasteiger partial charge is 0.453 e. The van der Waals surface area contributed by atoms with Gasteiger partial charge < -0.3 is 44.4 Å². The predicted octanol–water partition coefficient (Wildman–Crippen LogP) is 6.11. The normalized spacial score (nSPS) is 17.9. The van der Waals surface area contributed by atoms with Crippen molar-refractivity contribution in [3.8, 4) is 33.9 Å². The van der Waals surface area contributed by atoms with E-state index >= 15 is 0 Å². The molecule has 2 aromatic carbocycles. The van der Waals surface area contributed by atoms with Crippen LogP contribution >= 0.6 is 0 Å². The van der Waals surface area contributed by atoms with Gasteiger partial charge in [0, 0.05) is 31.3 Å². The number of imidazole rings is 3. The van der Waals surface area contributed by atoms with Crippen molar-refractivity contribution in [1.82, 2.24) is 49.9 Å². The Labute approximate surface area is 337 Å². The highest BCUT2D eigenvalue weighted by molar-refractivity contribution is 5.88. The summed E-state index contributed by atoms with van der Waals surface area (Å²) in [7, 11) is 4.57. The topological polar surface area (TPSA) is 192 Å². The van der Waals surface area contributed by atoms with Crippen LogP contribution in [0.5, 0.6) is 0 Å². The molecular weight excluding hydrogens is 741 g/mol. The summed E-state index contributed by atoms with van der Waals surface area (Å²) in [6, 6.07) is 12.4. The van der Waals surface area contributed by atoms with E-state index in [0.29, 0.717) is 24.7 Å². The molecule has 5 aromatic rings. The number of carbonyl (C=O) groups excluding carboxylic acids is 4. The predicted molar refractivity (Wildman–Crippen MR) is 217 cm³/mol. The third-order valence-corrected chi connectivity index (χ3v) is 11.3. The van der Waals surface area contributed by atoms with Gasteiger partial charge in [0.25, 0.3) is 0 Å². The number of carbonyl (C=O) groups is 4. The maximum atomic E-state index is 13.6. The van der Waals surface area contributed by atoms with Gasteiger partial charge in [-0.25, -0.2) is 24.5 Å². The molecule has 7 rings (SSSR count). The average molecular weight is 793 g/mol. The highest BCUT2D eigenvalue weighted by Gasteiger charge is 2.39. The zero-order chi connectivity index (χ0) is 41.2. The van der Waals surface area contributed by atoms with Crippen LogP contribution in [0.1, 0.15) is 77.1 Å². The van der Waals surface area contributed by atoms with Gasteiger partial charge in [-0.3, -0.25) is 9.59 Å². The van der Waals surface area contributed by atoms with Crippen LogP contribution in [0, 0.1) is 11.8 Å². The van der Waals surface area contributed by atoms with Gasteiger partial charge in [-0.1, -0.05) is 58.0 Å². The quantitative estimate of drug-likeness (QED) is 0.122. The van der Waals surface area contributed by atoms with Crippen LogP contribution < -0.4 is 10.6 Å². The maximum absolute atomic E-state index is 13.6. The van der Waals surface area contributed by atoms with Crippen molar-refractivity contribution in [2.75, 3.05) is 27.3 Å². The second-order valence-electron chi connectivity index (χ2n) is 15.7. The molecule has 0 radical (unpaired) electrons. The number of aryl methyl sites for hydroxylation is 1. The van der Waals surface area contributed by atoms with Crippen molar-refractivity contribution in [2.45, 2.75) is 77.5 Å². The maximum Gasteiger partial charge on any atom is 0.407 e. The summed E-state index contributed by atoms with van der Waals surface area (Å²) in [5.41, 5.74) is 6.31. The molecule has 0 bridgehead atoms. The molecule has 4 atom stereocenters. The van der Waals surface area contributed by atoms with Gasteiger partial charge in [-0.2, -0.15) is 0 Å². The molecule has 16 heteroatoms. The smallest absolute Gasteiger partial charge is 0.407 e. The van der Waals surface area contributed by atoms with Crippen molar-refractivity contribution in [3.05, 3.63) is 66.5 Å². The summed E-state index contributed by atoms with van der Waals surface area (Å²) >= 11 is 0. The van der Waals surface area contributed by atoms with E-state index in [1.54, 1.807) is 22.2 Å². The molecule has 306 valence electrons. The minimum atomic E-state index is -0.701. The van der Waals surface area contributed by atoms with E-state index in [1.807, 2.05) is 71.1 Å². The Morgan fingerprint density at radius 2 is 1.17 bits per heavy atom. The van der Waals surface area contributed by atoms with Gasteiger partial charge in [0.1, 0.15) is 29.6 Å². The third kappa shape index (κ3) is 7.87. The lowest BCUT2D eigenvalue weighted by Gasteiger charge is -2.30. The first-order chi connectivity index (χ1) is 27.9. The molecule has 58 heavy (non-hydrogen) atoms. The molecule has 16 nitrogen and oxygen atoms in total. The third-order valence-electron chi connectivity index (χ3n) is 11.3. The Kier molecular flexibility index (Phi) is 11.5. The second kappa shape index (κ2) is 16.7. The van der Waals surface area contributed by atoms with E-state index in [4.69, 9.17) is 19.4 Å². The molecule has 2 aliphatic rings. The molecule has 0 saturated carbocycles. The monoisotopic (exact) mass is 792 g/mol. The molecule has 5 heterocycles.